The largest absolute Gasteiger partial charge is 0.383 e. The Morgan fingerprint density at radius 1 is 1.17 bits per heavy atom. The molecular weight excluding hydrogens is 316 g/mol. The minimum Gasteiger partial charge on any atom is -0.383 e. The van der Waals surface area contributed by atoms with Gasteiger partial charge in [-0.15, -0.1) is 0 Å². The lowest BCUT2D eigenvalue weighted by Gasteiger charge is -2.17. The summed E-state index contributed by atoms with van der Waals surface area (Å²) in [6.45, 7) is 0. The van der Waals surface area contributed by atoms with Crippen LogP contribution in [-0.2, 0) is 0 Å². The van der Waals surface area contributed by atoms with Crippen molar-refractivity contribution in [1.29, 1.82) is 10.5 Å². The lowest BCUT2D eigenvalue weighted by atomic mass is 10.1. The summed E-state index contributed by atoms with van der Waals surface area (Å²) in [4.78, 5) is 4.32. The second-order valence-corrected chi connectivity index (χ2v) is 7.23. The summed E-state index contributed by atoms with van der Waals surface area (Å²) in [7, 11) is 0. The summed E-state index contributed by atoms with van der Waals surface area (Å²) in [5, 5.41) is 19.3. The van der Waals surface area contributed by atoms with E-state index in [-0.39, 0.29) is 16.6 Å². The number of nitrogens with two attached hydrogens (primary N) is 1. The first-order valence-corrected chi connectivity index (χ1v) is 8.91. The molecule has 1 aromatic heterocycles. The van der Waals surface area contributed by atoms with Crippen molar-refractivity contribution < 1.29 is 0 Å². The molecule has 2 N–H and O–H groups in total. The molecule has 1 aliphatic rings. The molecule has 24 heavy (non-hydrogen) atoms. The molecule has 120 valence electrons. The number of benzene rings is 1. The molecule has 4 nitrogen and oxygen atoms in total. The molecule has 1 aliphatic carbocycles. The molecule has 1 heterocycles. The number of hydrogen-bond acceptors (Lipinski definition) is 5. The first kappa shape index (κ1) is 16.4. The van der Waals surface area contributed by atoms with Gasteiger partial charge < -0.3 is 5.73 Å². The second kappa shape index (κ2) is 7.38. The van der Waals surface area contributed by atoms with Gasteiger partial charge >= 0.3 is 0 Å². The van der Waals surface area contributed by atoms with Crippen LogP contribution in [0, 0.1) is 28.6 Å². The maximum Gasteiger partial charge on any atom is 0.142 e. The summed E-state index contributed by atoms with van der Waals surface area (Å²) >= 11 is 1.57. The lowest BCUT2D eigenvalue weighted by molar-refractivity contribution is 0.657. The Bertz CT molecular complexity index is 801. The van der Waals surface area contributed by atoms with Crippen LogP contribution in [-0.4, -0.2) is 4.98 Å². The van der Waals surface area contributed by atoms with Crippen LogP contribution < -0.4 is 5.73 Å². The average molecular weight is 334 g/mol. The van der Waals surface area contributed by atoms with Crippen LogP contribution in [0.4, 0.5) is 5.82 Å². The van der Waals surface area contributed by atoms with Gasteiger partial charge in [0.1, 0.15) is 23.0 Å². The Labute approximate surface area is 146 Å². The number of nitrogens with zero attached hydrogens (tertiary/aromatic N) is 3. The van der Waals surface area contributed by atoms with Crippen LogP contribution in [0.1, 0.15) is 47.6 Å². The molecule has 0 spiro atoms. The number of hydrogen-bond donors (Lipinski definition) is 1. The molecule has 2 aromatic rings. The van der Waals surface area contributed by atoms with Gasteiger partial charge in [-0.2, -0.15) is 10.5 Å². The zero-order valence-electron chi connectivity index (χ0n) is 13.3. The van der Waals surface area contributed by atoms with Crippen molar-refractivity contribution in [2.45, 2.75) is 36.0 Å². The van der Waals surface area contributed by atoms with Gasteiger partial charge in [-0.25, -0.2) is 4.98 Å². The Morgan fingerprint density at radius 3 is 2.50 bits per heavy atom. The van der Waals surface area contributed by atoms with Gasteiger partial charge in [0.2, 0.25) is 0 Å². The standard InChI is InChI=1S/C19H18N4S/c20-11-15-10-16(12-21)19(23-18(15)22)24-17(9-8-13-6-7-13)14-4-2-1-3-5-14/h1-5,10,13,17H,6-9H2,(H2,22,23)/t17-/m0/s1. The van der Waals surface area contributed by atoms with Gasteiger partial charge in [-0.3, -0.25) is 0 Å². The number of nitriles is 2. The SMILES string of the molecule is N#Cc1cc(C#N)c(S[C@@H](CCC2CC2)c2ccccc2)nc1N. The fourth-order valence-electron chi connectivity index (χ4n) is 2.66. The molecule has 1 fully saturated rings. The molecule has 0 amide bonds. The second-order valence-electron chi connectivity index (χ2n) is 6.04. The van der Waals surface area contributed by atoms with E-state index in [9.17, 15) is 5.26 Å². The van der Waals surface area contributed by atoms with Gasteiger partial charge in [0.25, 0.3) is 0 Å². The fraction of sp³-hybridized carbons (Fsp3) is 0.316. The third-order valence-electron chi connectivity index (χ3n) is 4.22. The molecule has 0 aliphatic heterocycles. The third-order valence-corrected chi connectivity index (χ3v) is 5.54. The molecule has 1 aromatic carbocycles. The molecule has 0 unspecified atom stereocenters. The zero-order valence-corrected chi connectivity index (χ0v) is 14.1. The van der Waals surface area contributed by atoms with E-state index in [2.05, 4.69) is 23.2 Å². The number of pyridine rings is 1. The number of rotatable bonds is 6. The molecule has 0 radical (unpaired) electrons. The van der Waals surface area contributed by atoms with Crippen LogP contribution in [0.3, 0.4) is 0 Å². The normalized spacial score (nSPS) is 14.6. The van der Waals surface area contributed by atoms with E-state index in [4.69, 9.17) is 11.0 Å². The average Bonchev–Trinajstić information content (AvgIpc) is 3.44. The van der Waals surface area contributed by atoms with Crippen molar-refractivity contribution >= 4 is 17.6 Å². The van der Waals surface area contributed by atoms with Gasteiger partial charge in [-0.1, -0.05) is 54.9 Å². The fourth-order valence-corrected chi connectivity index (χ4v) is 3.86. The summed E-state index contributed by atoms with van der Waals surface area (Å²) in [5.74, 6) is 1.04. The van der Waals surface area contributed by atoms with E-state index in [0.717, 1.165) is 12.3 Å². The van der Waals surface area contributed by atoms with Crippen LogP contribution in [0.2, 0.25) is 0 Å². The molecule has 5 heteroatoms. The number of thioether (sulfide) groups is 1. The third kappa shape index (κ3) is 3.88. The minimum absolute atomic E-state index is 0.188. The van der Waals surface area contributed by atoms with Crippen molar-refractivity contribution in [1.82, 2.24) is 4.98 Å². The predicted octanol–water partition coefficient (Wildman–Crippen LogP) is 4.43. The van der Waals surface area contributed by atoms with Gasteiger partial charge in [0.05, 0.1) is 11.1 Å². The highest BCUT2D eigenvalue weighted by molar-refractivity contribution is 7.99. The highest BCUT2D eigenvalue weighted by Crippen LogP contribution is 2.43. The highest BCUT2D eigenvalue weighted by Gasteiger charge is 2.24. The maximum absolute atomic E-state index is 9.39. The molecule has 1 atom stereocenters. The zero-order chi connectivity index (χ0) is 16.9. The molecule has 3 rings (SSSR count). The summed E-state index contributed by atoms with van der Waals surface area (Å²) < 4.78 is 0. The first-order valence-electron chi connectivity index (χ1n) is 8.03. The lowest BCUT2D eigenvalue weighted by Crippen LogP contribution is -2.02. The van der Waals surface area contributed by atoms with Crippen LogP contribution in [0.5, 0.6) is 0 Å². The number of anilines is 1. The van der Waals surface area contributed by atoms with E-state index < -0.39 is 0 Å². The van der Waals surface area contributed by atoms with Crippen molar-refractivity contribution in [3.8, 4) is 12.1 Å². The van der Waals surface area contributed by atoms with E-state index in [0.29, 0.717) is 10.6 Å². The topological polar surface area (TPSA) is 86.5 Å². The van der Waals surface area contributed by atoms with Crippen molar-refractivity contribution in [3.63, 3.8) is 0 Å². The van der Waals surface area contributed by atoms with Crippen LogP contribution in [0.25, 0.3) is 0 Å². The summed E-state index contributed by atoms with van der Waals surface area (Å²) in [6, 6.07) is 16.0. The van der Waals surface area contributed by atoms with Crippen molar-refractivity contribution in [3.05, 3.63) is 53.1 Å². The van der Waals surface area contributed by atoms with Gasteiger partial charge in [0, 0.05) is 5.25 Å². The summed E-state index contributed by atoms with van der Waals surface area (Å²) in [5.41, 5.74) is 7.75. The Kier molecular flexibility index (Phi) is 5.03. The first-order chi connectivity index (χ1) is 11.7. The highest BCUT2D eigenvalue weighted by atomic mass is 32.2. The van der Waals surface area contributed by atoms with E-state index in [1.54, 1.807) is 11.8 Å². The molecule has 0 bridgehead atoms. The number of nitrogen functional groups attached to an aromatic ring is 1. The smallest absolute Gasteiger partial charge is 0.142 e. The van der Waals surface area contributed by atoms with Crippen molar-refractivity contribution in [2.75, 3.05) is 5.73 Å². The van der Waals surface area contributed by atoms with E-state index in [1.807, 2.05) is 24.3 Å². The Morgan fingerprint density at radius 2 is 1.88 bits per heavy atom. The Hall–Kier alpha value is -2.50. The quantitative estimate of drug-likeness (QED) is 0.790. The van der Waals surface area contributed by atoms with Gasteiger partial charge in [-0.05, 0) is 30.4 Å². The Balaban J connectivity index is 1.88. The predicted molar refractivity (Wildman–Crippen MR) is 95.1 cm³/mol. The molecule has 0 saturated heterocycles. The molecule has 1 saturated carbocycles. The van der Waals surface area contributed by atoms with Gasteiger partial charge in [0.15, 0.2) is 0 Å². The van der Waals surface area contributed by atoms with E-state index >= 15 is 0 Å². The van der Waals surface area contributed by atoms with Crippen molar-refractivity contribution in [2.24, 2.45) is 5.92 Å². The maximum atomic E-state index is 9.39. The number of aromatic nitrogens is 1. The monoisotopic (exact) mass is 334 g/mol. The minimum atomic E-state index is 0.188. The van der Waals surface area contributed by atoms with Crippen LogP contribution >= 0.6 is 11.8 Å². The summed E-state index contributed by atoms with van der Waals surface area (Å²) in [6.07, 6.45) is 4.90. The van der Waals surface area contributed by atoms with E-state index in [1.165, 1.54) is 30.9 Å². The molecular formula is C19H18N4S. The van der Waals surface area contributed by atoms with Crippen LogP contribution in [0.15, 0.2) is 41.4 Å².